The van der Waals surface area contributed by atoms with Crippen LogP contribution in [0.1, 0.15) is 62.0 Å². The predicted molar refractivity (Wildman–Crippen MR) is 137 cm³/mol. The molecule has 6 nitrogen and oxygen atoms in total. The highest BCUT2D eigenvalue weighted by atomic mass is 16.2. The van der Waals surface area contributed by atoms with Crippen molar-refractivity contribution in [1.29, 1.82) is 0 Å². The summed E-state index contributed by atoms with van der Waals surface area (Å²) in [6, 6.07) is 14.9. The minimum absolute atomic E-state index is 0.115. The zero-order valence-electron chi connectivity index (χ0n) is 20.5. The quantitative estimate of drug-likeness (QED) is 0.464. The first kappa shape index (κ1) is 25.8. The number of H-pyrrole nitrogens is 1. The number of carbonyl (C=O) groups is 1. The molecule has 0 aliphatic heterocycles. The molecular weight excluding hydrogens is 412 g/mol. The van der Waals surface area contributed by atoms with Crippen molar-refractivity contribution in [3.8, 4) is 0 Å². The lowest BCUT2D eigenvalue weighted by Gasteiger charge is -2.24. The molecule has 3 aromatic rings. The molecule has 1 aromatic carbocycles. The van der Waals surface area contributed by atoms with Gasteiger partial charge in [0.05, 0.1) is 6.54 Å². The molecule has 2 aromatic heterocycles. The number of benzene rings is 1. The zero-order valence-corrected chi connectivity index (χ0v) is 20.5. The summed E-state index contributed by atoms with van der Waals surface area (Å²) in [7, 11) is 0. The number of aromatic nitrogens is 2. The van der Waals surface area contributed by atoms with Gasteiger partial charge in [-0.3, -0.25) is 9.59 Å². The molecule has 0 aliphatic carbocycles. The van der Waals surface area contributed by atoms with Gasteiger partial charge in [0.2, 0.25) is 0 Å². The second kappa shape index (κ2) is 13.2. The van der Waals surface area contributed by atoms with E-state index in [-0.39, 0.29) is 11.5 Å². The van der Waals surface area contributed by atoms with Gasteiger partial charge in [-0.25, -0.2) is 4.98 Å². The molecule has 3 rings (SSSR count). The van der Waals surface area contributed by atoms with E-state index in [9.17, 15) is 9.59 Å². The van der Waals surface area contributed by atoms with Crippen LogP contribution in [0.15, 0.2) is 65.7 Å². The van der Waals surface area contributed by atoms with E-state index in [1.165, 1.54) is 6.20 Å². The van der Waals surface area contributed by atoms with E-state index in [1.807, 2.05) is 63.4 Å². The Bertz CT molecular complexity index is 1040. The number of rotatable bonds is 9. The third kappa shape index (κ3) is 7.04. The van der Waals surface area contributed by atoms with Crippen molar-refractivity contribution in [3.05, 3.63) is 88.0 Å². The summed E-state index contributed by atoms with van der Waals surface area (Å²) in [6.45, 7) is 12.6. The average molecular weight is 449 g/mol. The number of nitrogens with one attached hydrogen (secondary N) is 1. The smallest absolute Gasteiger partial charge is 0.264 e. The predicted octanol–water partition coefficient (Wildman–Crippen LogP) is 5.58. The molecule has 6 heteroatoms. The van der Waals surface area contributed by atoms with E-state index < -0.39 is 5.56 Å². The van der Waals surface area contributed by atoms with Gasteiger partial charge in [-0.2, -0.15) is 0 Å². The molecule has 0 radical (unpaired) electrons. The number of aryl methyl sites for hydroxylation is 1. The highest BCUT2D eigenvalue weighted by Crippen LogP contribution is 2.21. The first-order valence-corrected chi connectivity index (χ1v) is 11.8. The van der Waals surface area contributed by atoms with Crippen molar-refractivity contribution >= 4 is 17.4 Å². The number of hydrogen-bond donors (Lipinski definition) is 1. The second-order valence-electron chi connectivity index (χ2n) is 7.65. The van der Waals surface area contributed by atoms with Crippen LogP contribution in [-0.2, 0) is 6.54 Å². The Morgan fingerprint density at radius 1 is 0.970 bits per heavy atom. The molecule has 0 saturated heterocycles. The fourth-order valence-corrected chi connectivity index (χ4v) is 3.50. The summed E-state index contributed by atoms with van der Waals surface area (Å²) in [5.41, 5.74) is 2.46. The van der Waals surface area contributed by atoms with E-state index in [2.05, 4.69) is 28.7 Å². The minimum Gasteiger partial charge on any atom is -0.357 e. The third-order valence-electron chi connectivity index (χ3n) is 5.10. The second-order valence-corrected chi connectivity index (χ2v) is 7.65. The SMILES string of the molecule is CC.CCCN(CCC)c1ccc(CN(C(=O)c2ccc[nH]c2=O)c2ccc(C)cc2)cn1. The lowest BCUT2D eigenvalue weighted by Crippen LogP contribution is -2.34. The van der Waals surface area contributed by atoms with Crippen LogP contribution >= 0.6 is 0 Å². The number of nitrogens with zero attached hydrogens (tertiary/aromatic N) is 3. The lowest BCUT2D eigenvalue weighted by atomic mass is 10.1. The van der Waals surface area contributed by atoms with Gasteiger partial charge in [0.1, 0.15) is 11.4 Å². The van der Waals surface area contributed by atoms with E-state index in [0.29, 0.717) is 6.54 Å². The number of pyridine rings is 2. The molecule has 33 heavy (non-hydrogen) atoms. The summed E-state index contributed by atoms with van der Waals surface area (Å²) >= 11 is 0. The van der Waals surface area contributed by atoms with Gasteiger partial charge < -0.3 is 14.8 Å². The Balaban J connectivity index is 0.00000187. The van der Waals surface area contributed by atoms with Crippen molar-refractivity contribution in [2.75, 3.05) is 22.9 Å². The van der Waals surface area contributed by atoms with Crippen LogP contribution in [0, 0.1) is 6.92 Å². The van der Waals surface area contributed by atoms with Gasteiger partial charge in [0.25, 0.3) is 11.5 Å². The number of hydrogen-bond acceptors (Lipinski definition) is 4. The standard InChI is InChI=1S/C25H30N4O2.C2H6/c1-4-15-28(16-5-2)23-13-10-20(17-27-23)18-29(21-11-8-19(3)9-12-21)25(31)22-7-6-14-26-24(22)30;1-2/h6-14,17H,4-5,15-16,18H2,1-3H3,(H,26,30);1-2H3. The fourth-order valence-electron chi connectivity index (χ4n) is 3.50. The number of amides is 1. The largest absolute Gasteiger partial charge is 0.357 e. The highest BCUT2D eigenvalue weighted by molar-refractivity contribution is 6.05. The summed E-state index contributed by atoms with van der Waals surface area (Å²) < 4.78 is 0. The Morgan fingerprint density at radius 3 is 2.18 bits per heavy atom. The van der Waals surface area contributed by atoms with Gasteiger partial charge in [0, 0.05) is 31.2 Å². The normalized spacial score (nSPS) is 10.2. The third-order valence-corrected chi connectivity index (χ3v) is 5.10. The maximum absolute atomic E-state index is 13.3. The molecule has 0 saturated carbocycles. The Hall–Kier alpha value is -3.41. The molecule has 0 atom stereocenters. The fraction of sp³-hybridized carbons (Fsp3) is 0.370. The van der Waals surface area contributed by atoms with Crippen LogP contribution in [0.4, 0.5) is 11.5 Å². The topological polar surface area (TPSA) is 69.3 Å². The van der Waals surface area contributed by atoms with Gasteiger partial charge in [0.15, 0.2) is 0 Å². The Kier molecular flexibility index (Phi) is 10.3. The van der Waals surface area contributed by atoms with Crippen LogP contribution in [0.25, 0.3) is 0 Å². The molecule has 1 N–H and O–H groups in total. The molecule has 2 heterocycles. The van der Waals surface area contributed by atoms with Gasteiger partial charge in [-0.1, -0.05) is 51.5 Å². The van der Waals surface area contributed by atoms with E-state index in [1.54, 1.807) is 17.0 Å². The van der Waals surface area contributed by atoms with Crippen LogP contribution in [0.2, 0.25) is 0 Å². The average Bonchev–Trinajstić information content (AvgIpc) is 2.85. The number of aromatic amines is 1. The monoisotopic (exact) mass is 448 g/mol. The maximum atomic E-state index is 13.3. The van der Waals surface area contributed by atoms with Gasteiger partial charge in [-0.05, 0) is 55.7 Å². The first-order chi connectivity index (χ1) is 16.0. The summed E-state index contributed by atoms with van der Waals surface area (Å²) in [6.07, 6.45) is 5.46. The summed E-state index contributed by atoms with van der Waals surface area (Å²) in [5.74, 6) is 0.605. The van der Waals surface area contributed by atoms with Crippen LogP contribution < -0.4 is 15.4 Å². The molecule has 0 aliphatic rings. The lowest BCUT2D eigenvalue weighted by molar-refractivity contribution is 0.0983. The van der Waals surface area contributed by atoms with Gasteiger partial charge >= 0.3 is 0 Å². The maximum Gasteiger partial charge on any atom is 0.264 e. The highest BCUT2D eigenvalue weighted by Gasteiger charge is 2.21. The van der Waals surface area contributed by atoms with E-state index in [4.69, 9.17) is 0 Å². The molecule has 0 spiro atoms. The minimum atomic E-state index is -0.396. The number of anilines is 2. The molecule has 0 bridgehead atoms. The Morgan fingerprint density at radius 2 is 1.64 bits per heavy atom. The molecule has 176 valence electrons. The van der Waals surface area contributed by atoms with Crippen LogP contribution in [-0.4, -0.2) is 29.0 Å². The first-order valence-electron chi connectivity index (χ1n) is 11.8. The number of carbonyl (C=O) groups excluding carboxylic acids is 1. The van der Waals surface area contributed by atoms with Crippen molar-refractivity contribution in [3.63, 3.8) is 0 Å². The van der Waals surface area contributed by atoms with Crippen molar-refractivity contribution in [1.82, 2.24) is 9.97 Å². The molecule has 0 fully saturated rings. The van der Waals surface area contributed by atoms with Crippen molar-refractivity contribution in [2.45, 2.75) is 54.0 Å². The van der Waals surface area contributed by atoms with E-state index in [0.717, 1.165) is 48.6 Å². The van der Waals surface area contributed by atoms with Crippen LogP contribution in [0.3, 0.4) is 0 Å². The molecular formula is C27H36N4O2. The molecule has 1 amide bonds. The summed E-state index contributed by atoms with van der Waals surface area (Å²) in [5, 5.41) is 0. The zero-order chi connectivity index (χ0) is 24.2. The van der Waals surface area contributed by atoms with Crippen LogP contribution in [0.5, 0.6) is 0 Å². The summed E-state index contributed by atoms with van der Waals surface area (Å²) in [4.78, 5) is 36.6. The van der Waals surface area contributed by atoms with E-state index >= 15 is 0 Å². The van der Waals surface area contributed by atoms with Gasteiger partial charge in [-0.15, -0.1) is 0 Å². The van der Waals surface area contributed by atoms with Crippen molar-refractivity contribution in [2.24, 2.45) is 0 Å². The van der Waals surface area contributed by atoms with Crippen molar-refractivity contribution < 1.29 is 4.79 Å². The Labute approximate surface area is 197 Å². The molecule has 0 unspecified atom stereocenters.